The molecule has 0 saturated carbocycles. The molecule has 4 nitrogen and oxygen atoms in total. The Labute approximate surface area is 169 Å². The number of phenols is 1. The monoisotopic (exact) mass is 393 g/mol. The van der Waals surface area contributed by atoms with Crippen molar-refractivity contribution in [1.82, 2.24) is 5.32 Å². The minimum Gasteiger partial charge on any atom is -0.507 e. The van der Waals surface area contributed by atoms with Gasteiger partial charge in [-0.1, -0.05) is 23.7 Å². The lowest BCUT2D eigenvalue weighted by molar-refractivity contribution is -0.731. The van der Waals surface area contributed by atoms with Gasteiger partial charge in [-0.3, -0.25) is 0 Å². The molecule has 0 radical (unpaired) electrons. The van der Waals surface area contributed by atoms with E-state index in [1.54, 1.807) is 13.2 Å². The number of phenolic OH excluding ortho intramolecular Hbond substituents is 1. The maximum absolute atomic E-state index is 10.4. The number of aromatic hydroxyl groups is 1. The van der Waals surface area contributed by atoms with E-state index in [9.17, 15) is 5.11 Å². The number of benzene rings is 3. The van der Waals surface area contributed by atoms with E-state index in [1.807, 2.05) is 66.7 Å². The number of ether oxygens (including phenoxy) is 1. The average molecular weight is 394 g/mol. The first-order chi connectivity index (χ1) is 13.6. The normalized spacial score (nSPS) is 18.9. The van der Waals surface area contributed by atoms with Crippen LogP contribution in [0.15, 0.2) is 78.9 Å². The van der Waals surface area contributed by atoms with Crippen molar-refractivity contribution in [3.05, 3.63) is 101 Å². The zero-order chi connectivity index (χ0) is 19.5. The minimum atomic E-state index is -0.0276. The fraction of sp³-hybridized carbons (Fsp3) is 0.130. The second-order valence-electron chi connectivity index (χ2n) is 6.76. The first kappa shape index (κ1) is 18.4. The summed E-state index contributed by atoms with van der Waals surface area (Å²) in [4.78, 5) is 0. The molecule has 0 amide bonds. The molecule has 4 rings (SSSR count). The van der Waals surface area contributed by atoms with Gasteiger partial charge in [-0.15, -0.1) is 0 Å². The standard InChI is InChI=1S/C23H21ClN2O2/c1-28-18-12-8-15(9-13-18)20-14-21(19-4-2-3-5-22(19)27)26-23(25-20)16-6-10-17(24)11-7-16/h2-14,21,23,25-27H,1H3/p+1. The molecule has 0 bridgehead atoms. The van der Waals surface area contributed by atoms with Crippen LogP contribution in [0.4, 0.5) is 0 Å². The Balaban J connectivity index is 1.73. The van der Waals surface area contributed by atoms with Crippen LogP contribution in [0, 0.1) is 0 Å². The highest BCUT2D eigenvalue weighted by atomic mass is 35.5. The van der Waals surface area contributed by atoms with Gasteiger partial charge in [0.1, 0.15) is 17.5 Å². The Morgan fingerprint density at radius 2 is 1.68 bits per heavy atom. The number of hydrogen-bond acceptors (Lipinski definition) is 3. The van der Waals surface area contributed by atoms with Crippen molar-refractivity contribution < 1.29 is 15.2 Å². The number of halogens is 1. The molecule has 1 aliphatic heterocycles. The summed E-state index contributed by atoms with van der Waals surface area (Å²) in [6, 6.07) is 23.2. The Hall–Kier alpha value is -2.95. The molecule has 1 heterocycles. The lowest BCUT2D eigenvalue weighted by Gasteiger charge is -2.30. The minimum absolute atomic E-state index is 0.0102. The summed E-state index contributed by atoms with van der Waals surface area (Å²) in [7, 11) is 1.66. The number of hydrogen-bond donors (Lipinski definition) is 3. The molecule has 3 aromatic rings. The molecule has 3 aromatic carbocycles. The number of nitrogens with one attached hydrogen (secondary N) is 1. The highest BCUT2D eigenvalue weighted by Crippen LogP contribution is 2.29. The second-order valence-corrected chi connectivity index (χ2v) is 7.20. The smallest absolute Gasteiger partial charge is 0.186 e. The Morgan fingerprint density at radius 1 is 0.964 bits per heavy atom. The Kier molecular flexibility index (Phi) is 5.24. The molecular formula is C23H22ClN2O2+. The number of methoxy groups -OCH3 is 1. The molecule has 2 unspecified atom stereocenters. The van der Waals surface area contributed by atoms with E-state index in [0.29, 0.717) is 10.8 Å². The molecule has 0 spiro atoms. The number of rotatable bonds is 4. The fourth-order valence-corrected chi connectivity index (χ4v) is 3.61. The molecule has 142 valence electrons. The third-order valence-corrected chi connectivity index (χ3v) is 5.24. The van der Waals surface area contributed by atoms with Crippen LogP contribution >= 0.6 is 11.6 Å². The quantitative estimate of drug-likeness (QED) is 0.628. The van der Waals surface area contributed by atoms with Crippen LogP contribution in [0.2, 0.25) is 5.02 Å². The molecule has 2 atom stereocenters. The van der Waals surface area contributed by atoms with Crippen LogP contribution in [0.5, 0.6) is 11.5 Å². The lowest BCUT2D eigenvalue weighted by atomic mass is 9.98. The molecule has 28 heavy (non-hydrogen) atoms. The van der Waals surface area contributed by atoms with Crippen LogP contribution < -0.4 is 15.4 Å². The molecule has 0 aromatic heterocycles. The molecule has 4 N–H and O–H groups in total. The van der Waals surface area contributed by atoms with Crippen LogP contribution in [0.25, 0.3) is 5.70 Å². The average Bonchev–Trinajstić information content (AvgIpc) is 2.74. The third kappa shape index (κ3) is 3.84. The van der Waals surface area contributed by atoms with Gasteiger partial charge in [0.25, 0.3) is 0 Å². The van der Waals surface area contributed by atoms with Crippen molar-refractivity contribution in [2.75, 3.05) is 7.11 Å². The van der Waals surface area contributed by atoms with Crippen LogP contribution in [-0.2, 0) is 0 Å². The van der Waals surface area contributed by atoms with Gasteiger partial charge in [-0.25, -0.2) is 0 Å². The van der Waals surface area contributed by atoms with Crippen molar-refractivity contribution in [3.8, 4) is 11.5 Å². The van der Waals surface area contributed by atoms with Crippen molar-refractivity contribution in [3.63, 3.8) is 0 Å². The molecule has 0 aliphatic carbocycles. The van der Waals surface area contributed by atoms with Gasteiger partial charge in [0.05, 0.1) is 12.7 Å². The van der Waals surface area contributed by atoms with Gasteiger partial charge in [0, 0.05) is 22.4 Å². The zero-order valence-corrected chi connectivity index (χ0v) is 16.2. The summed E-state index contributed by atoms with van der Waals surface area (Å²) in [5.41, 5.74) is 4.07. The van der Waals surface area contributed by atoms with Crippen molar-refractivity contribution in [2.45, 2.75) is 12.2 Å². The van der Waals surface area contributed by atoms with E-state index >= 15 is 0 Å². The number of nitrogens with two attached hydrogens (primary N) is 1. The molecule has 0 fully saturated rings. The maximum Gasteiger partial charge on any atom is 0.186 e. The van der Waals surface area contributed by atoms with E-state index in [-0.39, 0.29) is 12.2 Å². The third-order valence-electron chi connectivity index (χ3n) is 4.98. The first-order valence-corrected chi connectivity index (χ1v) is 9.53. The second kappa shape index (κ2) is 7.97. The molecule has 1 aliphatic rings. The molecule has 5 heteroatoms. The Bertz CT molecular complexity index is 984. The van der Waals surface area contributed by atoms with Gasteiger partial charge >= 0.3 is 0 Å². The van der Waals surface area contributed by atoms with Crippen molar-refractivity contribution in [2.24, 2.45) is 0 Å². The van der Waals surface area contributed by atoms with Gasteiger partial charge in [-0.05, 0) is 66.2 Å². The predicted octanol–water partition coefficient (Wildman–Crippen LogP) is 4.00. The summed E-state index contributed by atoms with van der Waals surface area (Å²) in [5.74, 6) is 1.11. The van der Waals surface area contributed by atoms with E-state index in [4.69, 9.17) is 16.3 Å². The van der Waals surface area contributed by atoms with Gasteiger partial charge in [0.2, 0.25) is 0 Å². The number of para-hydroxylation sites is 1. The van der Waals surface area contributed by atoms with Gasteiger partial charge < -0.3 is 20.5 Å². The van der Waals surface area contributed by atoms with Crippen LogP contribution in [-0.4, -0.2) is 12.2 Å². The summed E-state index contributed by atoms with van der Waals surface area (Å²) >= 11 is 6.06. The Morgan fingerprint density at radius 3 is 2.36 bits per heavy atom. The predicted molar refractivity (Wildman–Crippen MR) is 111 cm³/mol. The fourth-order valence-electron chi connectivity index (χ4n) is 3.48. The van der Waals surface area contributed by atoms with Crippen molar-refractivity contribution in [1.29, 1.82) is 0 Å². The molecule has 0 saturated heterocycles. The topological polar surface area (TPSA) is 58.1 Å². The first-order valence-electron chi connectivity index (χ1n) is 9.15. The largest absolute Gasteiger partial charge is 0.507 e. The van der Waals surface area contributed by atoms with Gasteiger partial charge in [-0.2, -0.15) is 0 Å². The summed E-state index contributed by atoms with van der Waals surface area (Å²) in [5, 5.41) is 16.9. The number of quaternary nitrogens is 1. The van der Waals surface area contributed by atoms with E-state index in [0.717, 1.165) is 28.1 Å². The molecular weight excluding hydrogens is 372 g/mol. The summed E-state index contributed by atoms with van der Waals surface area (Å²) < 4.78 is 5.27. The lowest BCUT2D eigenvalue weighted by Crippen LogP contribution is -2.89. The van der Waals surface area contributed by atoms with Crippen molar-refractivity contribution >= 4 is 17.3 Å². The highest BCUT2D eigenvalue weighted by Gasteiger charge is 2.29. The zero-order valence-electron chi connectivity index (χ0n) is 15.5. The summed E-state index contributed by atoms with van der Waals surface area (Å²) in [6.45, 7) is 0. The van der Waals surface area contributed by atoms with E-state index in [1.165, 1.54) is 0 Å². The van der Waals surface area contributed by atoms with Crippen LogP contribution in [0.1, 0.15) is 28.9 Å². The van der Waals surface area contributed by atoms with E-state index in [2.05, 4.69) is 16.7 Å². The summed E-state index contributed by atoms with van der Waals surface area (Å²) in [6.07, 6.45) is 2.13. The maximum atomic E-state index is 10.4. The van der Waals surface area contributed by atoms with Crippen LogP contribution in [0.3, 0.4) is 0 Å². The SMILES string of the molecule is COc1ccc(C2=CC(c3ccccc3O)[NH2+]C(c3ccc(Cl)cc3)N2)cc1. The highest BCUT2D eigenvalue weighted by molar-refractivity contribution is 6.30. The van der Waals surface area contributed by atoms with Gasteiger partial charge in [0.15, 0.2) is 6.17 Å². The van der Waals surface area contributed by atoms with E-state index < -0.39 is 0 Å².